The van der Waals surface area contributed by atoms with Gasteiger partial charge < -0.3 is 11.1 Å². The fourth-order valence-corrected chi connectivity index (χ4v) is 3.07. The van der Waals surface area contributed by atoms with Gasteiger partial charge in [-0.25, -0.2) is 4.98 Å². The van der Waals surface area contributed by atoms with Gasteiger partial charge in [-0.15, -0.1) is 11.3 Å². The maximum atomic E-state index is 12.1. The molecule has 0 bridgehead atoms. The second-order valence-electron chi connectivity index (χ2n) is 4.00. The fraction of sp³-hybridized carbons (Fsp3) is 0.231. The topological polar surface area (TPSA) is 68.0 Å². The lowest BCUT2D eigenvalue weighted by Crippen LogP contribution is -2.23. The van der Waals surface area contributed by atoms with Gasteiger partial charge in [0.25, 0.3) is 5.91 Å². The predicted molar refractivity (Wildman–Crippen MR) is 81.2 cm³/mol. The largest absolute Gasteiger partial charge is 0.384 e. The van der Waals surface area contributed by atoms with Crippen molar-refractivity contribution in [1.82, 2.24) is 10.3 Å². The van der Waals surface area contributed by atoms with Crippen LogP contribution in [0.25, 0.3) is 0 Å². The van der Waals surface area contributed by atoms with Gasteiger partial charge in [0.2, 0.25) is 0 Å². The lowest BCUT2D eigenvalue weighted by atomic mass is 10.2. The van der Waals surface area contributed by atoms with Crippen molar-refractivity contribution in [1.29, 1.82) is 0 Å². The molecule has 2 heterocycles. The van der Waals surface area contributed by atoms with E-state index in [4.69, 9.17) is 5.73 Å². The number of nitrogens with zero attached hydrogens (tertiary/aromatic N) is 1. The van der Waals surface area contributed by atoms with Crippen LogP contribution in [0.3, 0.4) is 0 Å². The summed E-state index contributed by atoms with van der Waals surface area (Å²) in [4.78, 5) is 17.3. The molecule has 0 aliphatic heterocycles. The summed E-state index contributed by atoms with van der Waals surface area (Å²) in [6, 6.07) is 5.33. The van der Waals surface area contributed by atoms with Crippen LogP contribution in [0.5, 0.6) is 0 Å². The van der Waals surface area contributed by atoms with Crippen molar-refractivity contribution in [3.05, 3.63) is 44.2 Å². The molecule has 6 heteroatoms. The van der Waals surface area contributed by atoms with E-state index in [-0.39, 0.29) is 5.91 Å². The molecule has 0 aliphatic rings. The molecule has 0 aliphatic carbocycles. The number of thiophene rings is 1. The first-order valence-corrected chi connectivity index (χ1v) is 7.54. The summed E-state index contributed by atoms with van der Waals surface area (Å²) in [6.07, 6.45) is 0.752. The number of carbonyl (C=O) groups is 1. The van der Waals surface area contributed by atoms with Crippen LogP contribution < -0.4 is 11.1 Å². The molecule has 0 atom stereocenters. The zero-order valence-electron chi connectivity index (χ0n) is 10.4. The van der Waals surface area contributed by atoms with Crippen LogP contribution in [-0.4, -0.2) is 10.9 Å². The molecule has 100 valence electrons. The quantitative estimate of drug-likeness (QED) is 0.899. The summed E-state index contributed by atoms with van der Waals surface area (Å²) in [7, 11) is 0. The number of nitrogens with one attached hydrogen (secondary N) is 1. The third kappa shape index (κ3) is 3.54. The number of halogens is 1. The second kappa shape index (κ2) is 6.16. The van der Waals surface area contributed by atoms with Gasteiger partial charge in [0, 0.05) is 20.6 Å². The summed E-state index contributed by atoms with van der Waals surface area (Å²) in [5.41, 5.74) is 7.07. The summed E-state index contributed by atoms with van der Waals surface area (Å²) in [5, 5.41) is 4.86. The highest BCUT2D eigenvalue weighted by molar-refractivity contribution is 9.10. The normalized spacial score (nSPS) is 10.4. The lowest BCUT2D eigenvalue weighted by Gasteiger charge is -2.07. The Labute approximate surface area is 124 Å². The smallest absolute Gasteiger partial charge is 0.251 e. The van der Waals surface area contributed by atoms with Gasteiger partial charge >= 0.3 is 0 Å². The molecule has 2 aromatic heterocycles. The van der Waals surface area contributed by atoms with Gasteiger partial charge in [-0.3, -0.25) is 4.79 Å². The number of nitrogens with two attached hydrogens (primary N) is 1. The Balaban J connectivity index is 2.08. The maximum absolute atomic E-state index is 12.1. The van der Waals surface area contributed by atoms with Crippen molar-refractivity contribution in [2.24, 2.45) is 0 Å². The number of nitrogen functional groups attached to an aromatic ring is 1. The molecule has 0 radical (unpaired) electrons. The van der Waals surface area contributed by atoms with Crippen molar-refractivity contribution >= 4 is 39.0 Å². The van der Waals surface area contributed by atoms with Crippen LogP contribution in [0.2, 0.25) is 0 Å². The van der Waals surface area contributed by atoms with Crippen LogP contribution in [0.1, 0.15) is 27.9 Å². The van der Waals surface area contributed by atoms with Crippen LogP contribution in [-0.2, 0) is 13.0 Å². The van der Waals surface area contributed by atoms with Crippen molar-refractivity contribution in [3.8, 4) is 0 Å². The summed E-state index contributed by atoms with van der Waals surface area (Å²) in [6.45, 7) is 2.48. The van der Waals surface area contributed by atoms with Crippen LogP contribution >= 0.6 is 27.3 Å². The molecule has 0 saturated heterocycles. The van der Waals surface area contributed by atoms with Crippen LogP contribution in [0.4, 0.5) is 5.82 Å². The third-order valence-electron chi connectivity index (χ3n) is 2.62. The van der Waals surface area contributed by atoms with Crippen LogP contribution in [0.15, 0.2) is 28.1 Å². The van der Waals surface area contributed by atoms with E-state index in [2.05, 4.69) is 26.2 Å². The Morgan fingerprint density at radius 3 is 2.95 bits per heavy atom. The molecule has 2 aromatic rings. The van der Waals surface area contributed by atoms with Gasteiger partial charge in [-0.1, -0.05) is 6.92 Å². The second-order valence-corrected chi connectivity index (χ2v) is 5.85. The first-order chi connectivity index (χ1) is 9.10. The highest BCUT2D eigenvalue weighted by atomic mass is 79.9. The molecular weight excluding hydrogens is 326 g/mol. The molecule has 1 amide bonds. The monoisotopic (exact) mass is 339 g/mol. The Bertz CT molecular complexity index is 597. The number of aryl methyl sites for hydroxylation is 1. The van der Waals surface area contributed by atoms with E-state index in [1.54, 1.807) is 23.5 Å². The van der Waals surface area contributed by atoms with E-state index in [0.717, 1.165) is 21.5 Å². The minimum absolute atomic E-state index is 0.135. The number of anilines is 1. The molecular formula is C13H14BrN3OS. The third-order valence-corrected chi connectivity index (χ3v) is 4.55. The van der Waals surface area contributed by atoms with Gasteiger partial charge in [-0.2, -0.15) is 0 Å². The van der Waals surface area contributed by atoms with Crippen molar-refractivity contribution in [2.45, 2.75) is 19.9 Å². The minimum Gasteiger partial charge on any atom is -0.384 e. The lowest BCUT2D eigenvalue weighted by molar-refractivity contribution is 0.0951. The number of aromatic nitrogens is 1. The summed E-state index contributed by atoms with van der Waals surface area (Å²) in [5.74, 6) is 0.242. The van der Waals surface area contributed by atoms with Crippen molar-refractivity contribution < 1.29 is 4.79 Å². The zero-order chi connectivity index (χ0) is 13.8. The van der Waals surface area contributed by atoms with E-state index in [9.17, 15) is 4.79 Å². The highest BCUT2D eigenvalue weighted by Crippen LogP contribution is 2.22. The number of amides is 1. The van der Waals surface area contributed by atoms with E-state index in [0.29, 0.717) is 17.9 Å². The predicted octanol–water partition coefficient (Wildman–Crippen LogP) is 2.98. The Hall–Kier alpha value is -1.40. The summed E-state index contributed by atoms with van der Waals surface area (Å²) >= 11 is 5.04. The highest BCUT2D eigenvalue weighted by Gasteiger charge is 2.09. The van der Waals surface area contributed by atoms with Gasteiger partial charge in [-0.05, 0) is 45.9 Å². The minimum atomic E-state index is -0.135. The molecule has 19 heavy (non-hydrogen) atoms. The average molecular weight is 340 g/mol. The van der Waals surface area contributed by atoms with E-state index >= 15 is 0 Å². The first-order valence-electron chi connectivity index (χ1n) is 5.86. The Kier molecular flexibility index (Phi) is 4.55. The van der Waals surface area contributed by atoms with E-state index in [1.807, 2.05) is 18.4 Å². The standard InChI is InChI=1S/C13H14BrN3OS/c1-2-9-5-8(6-12(15)17-9)13(18)16-7-11-10(14)3-4-19-11/h3-6H,2,7H2,1H3,(H2,15,17)(H,16,18). The van der Waals surface area contributed by atoms with Gasteiger partial charge in [0.1, 0.15) is 5.82 Å². The Morgan fingerprint density at radius 1 is 1.53 bits per heavy atom. The zero-order valence-corrected chi connectivity index (χ0v) is 12.8. The first kappa shape index (κ1) is 14.0. The molecule has 0 fully saturated rings. The number of rotatable bonds is 4. The number of hydrogen-bond donors (Lipinski definition) is 2. The fourth-order valence-electron chi connectivity index (χ4n) is 1.64. The Morgan fingerprint density at radius 2 is 2.32 bits per heavy atom. The van der Waals surface area contributed by atoms with Crippen molar-refractivity contribution in [3.63, 3.8) is 0 Å². The molecule has 0 spiro atoms. The molecule has 0 unspecified atom stereocenters. The maximum Gasteiger partial charge on any atom is 0.251 e. The number of pyridine rings is 1. The molecule has 4 nitrogen and oxygen atoms in total. The average Bonchev–Trinajstić information content (AvgIpc) is 2.80. The SMILES string of the molecule is CCc1cc(C(=O)NCc2sccc2Br)cc(N)n1. The van der Waals surface area contributed by atoms with Crippen molar-refractivity contribution in [2.75, 3.05) is 5.73 Å². The van der Waals surface area contributed by atoms with Gasteiger partial charge in [0.05, 0.1) is 6.54 Å². The molecule has 3 N–H and O–H groups in total. The van der Waals surface area contributed by atoms with E-state index < -0.39 is 0 Å². The van der Waals surface area contributed by atoms with Gasteiger partial charge in [0.15, 0.2) is 0 Å². The summed E-state index contributed by atoms with van der Waals surface area (Å²) < 4.78 is 1.02. The molecule has 2 rings (SSSR count). The molecule has 0 aromatic carbocycles. The van der Waals surface area contributed by atoms with Crippen LogP contribution in [0, 0.1) is 0 Å². The number of carbonyl (C=O) groups excluding carboxylic acids is 1. The van der Waals surface area contributed by atoms with E-state index in [1.165, 1.54) is 0 Å². The molecule has 0 saturated carbocycles. The number of hydrogen-bond acceptors (Lipinski definition) is 4.